The van der Waals surface area contributed by atoms with Crippen LogP contribution in [-0.4, -0.2) is 51.1 Å². The molecule has 2 aliphatic rings. The number of carbonyl (C=O) groups excluding carboxylic acids is 4. The van der Waals surface area contributed by atoms with Crippen LogP contribution in [0.15, 0.2) is 24.3 Å². The number of amides is 5. The molecule has 1 aromatic carbocycles. The Balaban J connectivity index is 1.70. The fourth-order valence-electron chi connectivity index (χ4n) is 3.68. The highest BCUT2D eigenvalue weighted by Gasteiger charge is 2.49. The van der Waals surface area contributed by atoms with Crippen molar-refractivity contribution in [3.8, 4) is 0 Å². The van der Waals surface area contributed by atoms with Crippen molar-refractivity contribution in [1.29, 1.82) is 0 Å². The highest BCUT2D eigenvalue weighted by Crippen LogP contribution is 2.31. The number of nitrogens with one attached hydrogen (secondary N) is 1. The maximum Gasteiger partial charge on any atom is 0.334 e. The Bertz CT molecular complexity index is 854. The number of nitro benzene ring substituents is 1. The molecule has 0 radical (unpaired) electrons. The van der Waals surface area contributed by atoms with E-state index in [1.165, 1.54) is 18.2 Å². The van der Waals surface area contributed by atoms with Gasteiger partial charge in [-0.05, 0) is 24.8 Å². The molecule has 2 atom stereocenters. The number of urea groups is 1. The van der Waals surface area contributed by atoms with Crippen molar-refractivity contribution in [1.82, 2.24) is 9.80 Å². The summed E-state index contributed by atoms with van der Waals surface area (Å²) in [7, 11) is 0. The molecule has 1 aliphatic carbocycles. The predicted molar refractivity (Wildman–Crippen MR) is 97.1 cm³/mol. The van der Waals surface area contributed by atoms with Gasteiger partial charge in [0, 0.05) is 23.9 Å². The Labute approximate surface area is 160 Å². The van der Waals surface area contributed by atoms with Crippen LogP contribution >= 0.6 is 0 Å². The Morgan fingerprint density at radius 1 is 1.21 bits per heavy atom. The average Bonchev–Trinajstić information content (AvgIpc) is 2.86. The van der Waals surface area contributed by atoms with Crippen LogP contribution in [0, 0.1) is 16.0 Å². The van der Waals surface area contributed by atoms with Gasteiger partial charge < -0.3 is 5.32 Å². The SMILES string of the molecule is C[C@@H]1CCCC[C@H]1N1C(=O)C(=O)N(CC(=O)Nc2cccc([N+](=O)[O-])c2)C1=O. The standard InChI is InChI=1S/C18H20N4O6/c1-11-5-2-3-8-14(11)21-17(25)16(24)20(18(21)26)10-15(23)19-12-6-4-7-13(9-12)22(27)28/h4,6-7,9,11,14H,2-3,5,8,10H2,1H3,(H,19,23)/t11-,14-/m1/s1. The first-order chi connectivity index (χ1) is 13.3. The fraction of sp³-hybridized carbons (Fsp3) is 0.444. The van der Waals surface area contributed by atoms with Crippen molar-refractivity contribution in [3.05, 3.63) is 34.4 Å². The third-order valence-electron chi connectivity index (χ3n) is 5.12. The van der Waals surface area contributed by atoms with E-state index in [-0.39, 0.29) is 23.3 Å². The second-order valence-electron chi connectivity index (χ2n) is 7.03. The van der Waals surface area contributed by atoms with Crippen molar-refractivity contribution in [3.63, 3.8) is 0 Å². The lowest BCUT2D eigenvalue weighted by Crippen LogP contribution is -2.46. The first-order valence-electron chi connectivity index (χ1n) is 9.03. The topological polar surface area (TPSA) is 130 Å². The molecule has 1 aliphatic heterocycles. The number of carbonyl (C=O) groups is 4. The Morgan fingerprint density at radius 3 is 2.61 bits per heavy atom. The van der Waals surface area contributed by atoms with E-state index >= 15 is 0 Å². The smallest absolute Gasteiger partial charge is 0.324 e. The number of nitrogens with zero attached hydrogens (tertiary/aromatic N) is 3. The van der Waals surface area contributed by atoms with Gasteiger partial charge in [0.25, 0.3) is 5.69 Å². The van der Waals surface area contributed by atoms with Gasteiger partial charge in [-0.3, -0.25) is 29.4 Å². The Hall–Kier alpha value is -3.30. The van der Waals surface area contributed by atoms with E-state index < -0.39 is 35.2 Å². The average molecular weight is 388 g/mol. The van der Waals surface area contributed by atoms with Gasteiger partial charge in [-0.1, -0.05) is 25.8 Å². The lowest BCUT2D eigenvalue weighted by atomic mass is 9.85. The molecule has 0 bridgehead atoms. The summed E-state index contributed by atoms with van der Waals surface area (Å²) in [4.78, 5) is 61.3. The highest BCUT2D eigenvalue weighted by molar-refractivity contribution is 6.45. The second-order valence-corrected chi connectivity index (χ2v) is 7.03. The van der Waals surface area contributed by atoms with Crippen LogP contribution in [-0.2, 0) is 14.4 Å². The summed E-state index contributed by atoms with van der Waals surface area (Å²) in [5.74, 6) is -2.58. The minimum absolute atomic E-state index is 0.0908. The lowest BCUT2D eigenvalue weighted by Gasteiger charge is -2.34. The van der Waals surface area contributed by atoms with Gasteiger partial charge >= 0.3 is 17.8 Å². The molecule has 0 aromatic heterocycles. The van der Waals surface area contributed by atoms with Crippen LogP contribution in [0.3, 0.4) is 0 Å². The molecule has 10 heteroatoms. The zero-order valence-electron chi connectivity index (χ0n) is 15.3. The van der Waals surface area contributed by atoms with Crippen molar-refractivity contribution in [2.24, 2.45) is 5.92 Å². The third kappa shape index (κ3) is 3.71. The van der Waals surface area contributed by atoms with Gasteiger partial charge in [0.15, 0.2) is 0 Å². The zero-order chi connectivity index (χ0) is 20.4. The first-order valence-corrected chi connectivity index (χ1v) is 9.03. The summed E-state index contributed by atoms with van der Waals surface area (Å²) in [6.07, 6.45) is 3.38. The molecule has 1 aromatic rings. The molecule has 28 heavy (non-hydrogen) atoms. The van der Waals surface area contributed by atoms with E-state index in [2.05, 4.69) is 5.32 Å². The Morgan fingerprint density at radius 2 is 1.93 bits per heavy atom. The van der Waals surface area contributed by atoms with Gasteiger partial charge in [0.1, 0.15) is 6.54 Å². The quantitative estimate of drug-likeness (QED) is 0.355. The van der Waals surface area contributed by atoms with Crippen LogP contribution in [0.5, 0.6) is 0 Å². The molecule has 1 N–H and O–H groups in total. The molecule has 1 saturated heterocycles. The van der Waals surface area contributed by atoms with Crippen LogP contribution in [0.25, 0.3) is 0 Å². The van der Waals surface area contributed by atoms with Crippen LogP contribution in [0.2, 0.25) is 0 Å². The summed E-state index contributed by atoms with van der Waals surface area (Å²) in [5, 5.41) is 13.2. The highest BCUT2D eigenvalue weighted by atomic mass is 16.6. The number of non-ortho nitro benzene ring substituents is 1. The molecule has 3 rings (SSSR count). The van der Waals surface area contributed by atoms with E-state index in [9.17, 15) is 29.3 Å². The molecule has 1 saturated carbocycles. The van der Waals surface area contributed by atoms with E-state index in [0.717, 1.165) is 30.2 Å². The third-order valence-corrected chi connectivity index (χ3v) is 5.12. The molecule has 2 fully saturated rings. The van der Waals surface area contributed by atoms with Crippen molar-refractivity contribution in [2.75, 3.05) is 11.9 Å². The number of hydrogen-bond donors (Lipinski definition) is 1. The molecule has 10 nitrogen and oxygen atoms in total. The van der Waals surface area contributed by atoms with Gasteiger partial charge in [-0.25, -0.2) is 9.69 Å². The number of hydrogen-bond acceptors (Lipinski definition) is 6. The normalized spacial score (nSPS) is 22.5. The van der Waals surface area contributed by atoms with E-state index in [1.54, 1.807) is 0 Å². The van der Waals surface area contributed by atoms with Crippen molar-refractivity contribution < 1.29 is 24.1 Å². The summed E-state index contributed by atoms with van der Waals surface area (Å²) < 4.78 is 0. The van der Waals surface area contributed by atoms with Gasteiger partial charge in [-0.15, -0.1) is 0 Å². The second kappa shape index (κ2) is 7.75. The number of nitro groups is 1. The molecule has 0 unspecified atom stereocenters. The number of rotatable bonds is 5. The van der Waals surface area contributed by atoms with Crippen LogP contribution in [0.1, 0.15) is 32.6 Å². The monoisotopic (exact) mass is 388 g/mol. The molecule has 0 spiro atoms. The largest absolute Gasteiger partial charge is 0.334 e. The number of benzene rings is 1. The molecular weight excluding hydrogens is 368 g/mol. The zero-order valence-corrected chi connectivity index (χ0v) is 15.3. The fourth-order valence-corrected chi connectivity index (χ4v) is 3.68. The van der Waals surface area contributed by atoms with Crippen LogP contribution in [0.4, 0.5) is 16.2 Å². The maximum atomic E-state index is 12.6. The molecule has 148 valence electrons. The first kappa shape index (κ1) is 19.5. The van der Waals surface area contributed by atoms with E-state index in [4.69, 9.17) is 0 Å². The molecule has 5 amide bonds. The molecule has 1 heterocycles. The van der Waals surface area contributed by atoms with Crippen molar-refractivity contribution >= 4 is 35.1 Å². The minimum Gasteiger partial charge on any atom is -0.324 e. The number of anilines is 1. The number of imide groups is 2. The predicted octanol–water partition coefficient (Wildman–Crippen LogP) is 1.90. The van der Waals surface area contributed by atoms with Gasteiger partial charge in [-0.2, -0.15) is 0 Å². The van der Waals surface area contributed by atoms with E-state index in [1.807, 2.05) is 6.92 Å². The minimum atomic E-state index is -1.03. The summed E-state index contributed by atoms with van der Waals surface area (Å²) in [6.45, 7) is 1.30. The molecular formula is C18H20N4O6. The lowest BCUT2D eigenvalue weighted by molar-refractivity contribution is -0.384. The summed E-state index contributed by atoms with van der Waals surface area (Å²) in [5.41, 5.74) is -0.0545. The summed E-state index contributed by atoms with van der Waals surface area (Å²) >= 11 is 0. The Kier molecular flexibility index (Phi) is 5.39. The van der Waals surface area contributed by atoms with Crippen molar-refractivity contribution in [2.45, 2.75) is 38.6 Å². The van der Waals surface area contributed by atoms with Crippen LogP contribution < -0.4 is 5.32 Å². The summed E-state index contributed by atoms with van der Waals surface area (Å²) in [6, 6.07) is 4.14. The maximum absolute atomic E-state index is 12.6. The van der Waals surface area contributed by atoms with Gasteiger partial charge in [0.05, 0.1) is 4.92 Å². The van der Waals surface area contributed by atoms with E-state index in [0.29, 0.717) is 11.3 Å². The van der Waals surface area contributed by atoms with Gasteiger partial charge in [0.2, 0.25) is 5.91 Å².